The highest BCUT2D eigenvalue weighted by molar-refractivity contribution is 5.99. The molecule has 0 unspecified atom stereocenters. The van der Waals surface area contributed by atoms with Crippen molar-refractivity contribution < 1.29 is 18.0 Å². The lowest BCUT2D eigenvalue weighted by molar-refractivity contribution is -0.141. The number of carbonyl (C=O) groups is 1. The Morgan fingerprint density at radius 2 is 1.90 bits per heavy atom. The number of hydrogen-bond donors (Lipinski definition) is 1. The van der Waals surface area contributed by atoms with Gasteiger partial charge < -0.3 is 9.72 Å². The number of alkyl halides is 3. The molecule has 4 rings (SSSR count). The fraction of sp³-hybridized carbons (Fsp3) is 0.143. The summed E-state index contributed by atoms with van der Waals surface area (Å²) in [4.78, 5) is 24.7. The van der Waals surface area contributed by atoms with Crippen LogP contribution in [0.1, 0.15) is 33.1 Å². The highest BCUT2D eigenvalue weighted by atomic mass is 19.4. The zero-order chi connectivity index (χ0) is 21.1. The van der Waals surface area contributed by atoms with Crippen molar-refractivity contribution in [3.05, 3.63) is 95.6 Å². The highest BCUT2D eigenvalue weighted by Crippen LogP contribution is 2.27. The minimum absolute atomic E-state index is 0.0355. The van der Waals surface area contributed by atoms with Crippen LogP contribution < -0.4 is 5.32 Å². The van der Waals surface area contributed by atoms with Crippen LogP contribution in [0, 0.1) is 0 Å². The van der Waals surface area contributed by atoms with Gasteiger partial charge >= 0.3 is 6.18 Å². The van der Waals surface area contributed by atoms with E-state index in [1.54, 1.807) is 24.5 Å². The maximum atomic E-state index is 12.7. The maximum Gasteiger partial charge on any atom is 0.433 e. The Balaban J connectivity index is 1.53. The van der Waals surface area contributed by atoms with Crippen LogP contribution in [0.3, 0.4) is 0 Å². The summed E-state index contributed by atoms with van der Waals surface area (Å²) in [5.41, 5.74) is 1.32. The average Bonchev–Trinajstić information content (AvgIpc) is 3.11. The minimum Gasteiger partial charge on any atom is -0.346 e. The van der Waals surface area contributed by atoms with Crippen molar-refractivity contribution in [2.75, 3.05) is 0 Å². The predicted octanol–water partition coefficient (Wildman–Crippen LogP) is 3.66. The van der Waals surface area contributed by atoms with Gasteiger partial charge in [0, 0.05) is 37.8 Å². The smallest absolute Gasteiger partial charge is 0.346 e. The average molecular weight is 411 g/mol. The lowest BCUT2D eigenvalue weighted by Crippen LogP contribution is -2.23. The minimum atomic E-state index is -4.50. The second-order valence-electron chi connectivity index (χ2n) is 6.60. The van der Waals surface area contributed by atoms with Gasteiger partial charge in [-0.25, -0.2) is 4.98 Å². The standard InChI is InChI=1S/C21H16F3N5O/c22-21(23,24)17-7-6-15(12-26-17)13-27-20(30)19-16-5-1-2-9-29(16)18(28-19)10-14-4-3-8-25-11-14/h1-9,11-12H,10,13H2,(H,27,30). The summed E-state index contributed by atoms with van der Waals surface area (Å²) in [5.74, 6) is 0.260. The fourth-order valence-corrected chi connectivity index (χ4v) is 3.04. The molecule has 0 atom stereocenters. The molecule has 0 saturated carbocycles. The van der Waals surface area contributed by atoms with Gasteiger partial charge in [-0.05, 0) is 35.4 Å². The van der Waals surface area contributed by atoms with Crippen LogP contribution in [0.2, 0.25) is 0 Å². The zero-order valence-corrected chi connectivity index (χ0v) is 15.6. The molecule has 4 aromatic rings. The lowest BCUT2D eigenvalue weighted by Gasteiger charge is -2.07. The Bertz CT molecular complexity index is 1170. The van der Waals surface area contributed by atoms with E-state index in [9.17, 15) is 18.0 Å². The molecule has 30 heavy (non-hydrogen) atoms. The molecule has 0 saturated heterocycles. The second kappa shape index (κ2) is 7.94. The summed E-state index contributed by atoms with van der Waals surface area (Å²) in [7, 11) is 0. The predicted molar refractivity (Wildman–Crippen MR) is 103 cm³/mol. The van der Waals surface area contributed by atoms with E-state index in [-0.39, 0.29) is 12.2 Å². The monoisotopic (exact) mass is 411 g/mol. The summed E-state index contributed by atoms with van der Waals surface area (Å²) >= 11 is 0. The van der Waals surface area contributed by atoms with E-state index in [2.05, 4.69) is 20.3 Å². The molecule has 0 aliphatic rings. The van der Waals surface area contributed by atoms with Crippen molar-refractivity contribution in [3.63, 3.8) is 0 Å². The molecule has 4 heterocycles. The molecule has 0 aromatic carbocycles. The van der Waals surface area contributed by atoms with Gasteiger partial charge in [0.2, 0.25) is 0 Å². The number of imidazole rings is 1. The van der Waals surface area contributed by atoms with Crippen LogP contribution in [0.15, 0.2) is 67.3 Å². The molecule has 0 spiro atoms. The number of rotatable bonds is 5. The molecule has 0 aliphatic carbocycles. The van der Waals surface area contributed by atoms with Crippen LogP contribution >= 0.6 is 0 Å². The Morgan fingerprint density at radius 3 is 2.60 bits per heavy atom. The SMILES string of the molecule is O=C(NCc1ccc(C(F)(F)F)nc1)c1nc(Cc2cccnc2)n2ccccc12. The molecule has 0 bridgehead atoms. The van der Waals surface area contributed by atoms with Crippen molar-refractivity contribution in [2.24, 2.45) is 0 Å². The van der Waals surface area contributed by atoms with Gasteiger partial charge in [0.25, 0.3) is 5.91 Å². The summed E-state index contributed by atoms with van der Waals surface area (Å²) in [5, 5.41) is 2.69. The summed E-state index contributed by atoms with van der Waals surface area (Å²) in [6, 6.07) is 11.4. The molecule has 0 fully saturated rings. The number of carbonyl (C=O) groups excluding carboxylic acids is 1. The maximum absolute atomic E-state index is 12.7. The van der Waals surface area contributed by atoms with Gasteiger partial charge in [-0.15, -0.1) is 0 Å². The van der Waals surface area contributed by atoms with Crippen LogP contribution in [0.5, 0.6) is 0 Å². The van der Waals surface area contributed by atoms with E-state index in [0.29, 0.717) is 23.3 Å². The van der Waals surface area contributed by atoms with Crippen molar-refractivity contribution in [1.82, 2.24) is 24.7 Å². The molecular formula is C21H16F3N5O. The molecule has 9 heteroatoms. The van der Waals surface area contributed by atoms with Crippen molar-refractivity contribution in [1.29, 1.82) is 0 Å². The Hall–Kier alpha value is -3.75. The number of nitrogens with zero attached hydrogens (tertiary/aromatic N) is 4. The molecule has 0 aliphatic heterocycles. The largest absolute Gasteiger partial charge is 0.433 e. The Labute approximate surface area is 169 Å². The third kappa shape index (κ3) is 4.14. The van der Waals surface area contributed by atoms with E-state index >= 15 is 0 Å². The number of amides is 1. The normalized spacial score (nSPS) is 11.6. The van der Waals surface area contributed by atoms with Crippen LogP contribution in [0.25, 0.3) is 5.52 Å². The van der Waals surface area contributed by atoms with Gasteiger partial charge in [0.05, 0.1) is 5.52 Å². The fourth-order valence-electron chi connectivity index (χ4n) is 3.04. The van der Waals surface area contributed by atoms with Crippen molar-refractivity contribution in [2.45, 2.75) is 19.1 Å². The van der Waals surface area contributed by atoms with Gasteiger partial charge in [-0.1, -0.05) is 18.2 Å². The molecule has 1 amide bonds. The second-order valence-corrected chi connectivity index (χ2v) is 6.60. The first-order chi connectivity index (χ1) is 14.4. The van der Waals surface area contributed by atoms with E-state index in [0.717, 1.165) is 17.8 Å². The number of aromatic nitrogens is 4. The lowest BCUT2D eigenvalue weighted by atomic mass is 10.2. The van der Waals surface area contributed by atoms with Gasteiger partial charge in [0.15, 0.2) is 5.69 Å². The van der Waals surface area contributed by atoms with Crippen molar-refractivity contribution >= 4 is 11.4 Å². The first-order valence-electron chi connectivity index (χ1n) is 9.07. The number of nitrogens with one attached hydrogen (secondary N) is 1. The topological polar surface area (TPSA) is 72.2 Å². The summed E-state index contributed by atoms with van der Waals surface area (Å²) < 4.78 is 39.7. The van der Waals surface area contributed by atoms with E-state index in [4.69, 9.17) is 0 Å². The molecule has 0 radical (unpaired) electrons. The molecule has 6 nitrogen and oxygen atoms in total. The quantitative estimate of drug-likeness (QED) is 0.544. The Kier molecular flexibility index (Phi) is 5.18. The van der Waals surface area contributed by atoms with Crippen LogP contribution in [-0.2, 0) is 19.1 Å². The molecule has 4 aromatic heterocycles. The number of fused-ring (bicyclic) bond motifs is 1. The molecular weight excluding hydrogens is 395 g/mol. The molecule has 152 valence electrons. The van der Waals surface area contributed by atoms with E-state index in [1.165, 1.54) is 6.07 Å². The first-order valence-corrected chi connectivity index (χ1v) is 9.07. The number of halogens is 3. The highest BCUT2D eigenvalue weighted by Gasteiger charge is 2.32. The third-order valence-electron chi connectivity index (χ3n) is 4.49. The molecule has 1 N–H and O–H groups in total. The first kappa shape index (κ1) is 19.6. The van der Waals surface area contributed by atoms with Crippen molar-refractivity contribution in [3.8, 4) is 0 Å². The number of hydrogen-bond acceptors (Lipinski definition) is 4. The third-order valence-corrected chi connectivity index (χ3v) is 4.49. The van der Waals surface area contributed by atoms with Gasteiger partial charge in [-0.3, -0.25) is 14.8 Å². The zero-order valence-electron chi connectivity index (χ0n) is 15.6. The summed E-state index contributed by atoms with van der Waals surface area (Å²) in [6.45, 7) is 0.0355. The summed E-state index contributed by atoms with van der Waals surface area (Å²) in [6.07, 6.45) is 2.34. The van der Waals surface area contributed by atoms with Gasteiger partial charge in [-0.2, -0.15) is 13.2 Å². The van der Waals surface area contributed by atoms with Crippen LogP contribution in [0.4, 0.5) is 13.2 Å². The van der Waals surface area contributed by atoms with Crippen LogP contribution in [-0.4, -0.2) is 25.3 Å². The van der Waals surface area contributed by atoms with E-state index in [1.807, 2.05) is 28.8 Å². The number of pyridine rings is 3. The van der Waals surface area contributed by atoms with Gasteiger partial charge in [0.1, 0.15) is 11.5 Å². The van der Waals surface area contributed by atoms with E-state index < -0.39 is 17.8 Å². The Morgan fingerprint density at radius 1 is 1.03 bits per heavy atom.